The molecule has 29 heavy (non-hydrogen) atoms. The number of aryl methyl sites for hydroxylation is 4. The van der Waals surface area contributed by atoms with Crippen LogP contribution in [0.15, 0.2) is 47.3 Å². The number of H-pyrrole nitrogens is 1. The van der Waals surface area contributed by atoms with Crippen molar-refractivity contribution < 1.29 is 0 Å². The molecule has 2 aromatic carbocycles. The molecule has 0 aliphatic rings. The molecule has 0 radical (unpaired) electrons. The second-order valence-electron chi connectivity index (χ2n) is 7.37. The SMILES string of the molecule is Cc1ccc(Cc2c(C)nc(Nc3nc(C)c4cccc(C)c4n3)[nH]c2=O)cc1. The van der Waals surface area contributed by atoms with Gasteiger partial charge in [-0.1, -0.05) is 48.0 Å². The number of aromatic nitrogens is 4. The van der Waals surface area contributed by atoms with Crippen LogP contribution in [0.25, 0.3) is 10.9 Å². The summed E-state index contributed by atoms with van der Waals surface area (Å²) in [6.45, 7) is 7.85. The molecule has 0 fully saturated rings. The maximum absolute atomic E-state index is 12.7. The van der Waals surface area contributed by atoms with Crippen molar-refractivity contribution in [3.8, 4) is 0 Å². The van der Waals surface area contributed by atoms with Gasteiger partial charge in [-0.2, -0.15) is 0 Å². The van der Waals surface area contributed by atoms with Crippen molar-refractivity contribution in [3.63, 3.8) is 0 Å². The van der Waals surface area contributed by atoms with Gasteiger partial charge in [0.15, 0.2) is 0 Å². The highest BCUT2D eigenvalue weighted by Crippen LogP contribution is 2.21. The standard InChI is InChI=1S/C23H23N5O/c1-13-8-10-17(11-9-13)12-19-16(4)25-23(27-21(19)29)28-22-24-15(3)18-7-5-6-14(2)20(18)26-22/h5-11H,12H2,1-4H3,(H2,24,25,26,27,28,29). The molecular formula is C23H23N5O. The normalized spacial score (nSPS) is 11.0. The summed E-state index contributed by atoms with van der Waals surface area (Å²) in [7, 11) is 0. The molecule has 146 valence electrons. The number of fused-ring (bicyclic) bond motifs is 1. The number of anilines is 2. The molecule has 0 saturated carbocycles. The van der Waals surface area contributed by atoms with Crippen LogP contribution in [0.4, 0.5) is 11.9 Å². The molecule has 0 bridgehead atoms. The number of hydrogen-bond acceptors (Lipinski definition) is 5. The third kappa shape index (κ3) is 3.87. The van der Waals surface area contributed by atoms with Gasteiger partial charge in [0.05, 0.1) is 16.9 Å². The molecule has 0 amide bonds. The van der Waals surface area contributed by atoms with Crippen LogP contribution in [0.2, 0.25) is 0 Å². The van der Waals surface area contributed by atoms with E-state index < -0.39 is 0 Å². The largest absolute Gasteiger partial charge is 0.294 e. The van der Waals surface area contributed by atoms with Gasteiger partial charge in [0, 0.05) is 17.4 Å². The van der Waals surface area contributed by atoms with E-state index in [0.29, 0.717) is 29.6 Å². The minimum Gasteiger partial charge on any atom is -0.294 e. The molecule has 2 heterocycles. The van der Waals surface area contributed by atoms with E-state index in [0.717, 1.165) is 27.7 Å². The minimum absolute atomic E-state index is 0.158. The van der Waals surface area contributed by atoms with Crippen LogP contribution >= 0.6 is 0 Å². The van der Waals surface area contributed by atoms with Crippen LogP contribution < -0.4 is 10.9 Å². The quantitative estimate of drug-likeness (QED) is 0.548. The molecule has 4 rings (SSSR count). The summed E-state index contributed by atoms with van der Waals surface area (Å²) in [5.74, 6) is 0.755. The Kier molecular flexibility index (Phi) is 4.84. The second-order valence-corrected chi connectivity index (χ2v) is 7.37. The third-order valence-electron chi connectivity index (χ3n) is 5.07. The first-order valence-electron chi connectivity index (χ1n) is 9.57. The molecule has 2 N–H and O–H groups in total. The Hall–Kier alpha value is -3.54. The predicted octanol–water partition coefficient (Wildman–Crippen LogP) is 4.28. The van der Waals surface area contributed by atoms with E-state index in [9.17, 15) is 4.79 Å². The Labute approximate surface area is 169 Å². The topological polar surface area (TPSA) is 83.6 Å². The lowest BCUT2D eigenvalue weighted by Gasteiger charge is -2.11. The smallest absolute Gasteiger partial charge is 0.256 e. The Morgan fingerprint density at radius 2 is 1.66 bits per heavy atom. The zero-order valence-corrected chi connectivity index (χ0v) is 17.0. The van der Waals surface area contributed by atoms with Gasteiger partial charge >= 0.3 is 0 Å². The molecule has 0 unspecified atom stereocenters. The van der Waals surface area contributed by atoms with Crippen LogP contribution in [0, 0.1) is 27.7 Å². The Balaban J connectivity index is 1.65. The molecule has 0 aliphatic carbocycles. The van der Waals surface area contributed by atoms with Gasteiger partial charge < -0.3 is 0 Å². The lowest BCUT2D eigenvalue weighted by atomic mass is 10.0. The fraction of sp³-hybridized carbons (Fsp3) is 0.217. The Bertz CT molecular complexity index is 1260. The van der Waals surface area contributed by atoms with Gasteiger partial charge in [-0.15, -0.1) is 0 Å². The van der Waals surface area contributed by atoms with E-state index >= 15 is 0 Å². The van der Waals surface area contributed by atoms with E-state index in [1.54, 1.807) is 0 Å². The molecule has 2 aromatic heterocycles. The van der Waals surface area contributed by atoms with Crippen molar-refractivity contribution in [3.05, 3.63) is 86.5 Å². The summed E-state index contributed by atoms with van der Waals surface area (Å²) >= 11 is 0. The van der Waals surface area contributed by atoms with E-state index in [-0.39, 0.29) is 5.56 Å². The first-order chi connectivity index (χ1) is 13.9. The molecule has 6 heteroatoms. The van der Waals surface area contributed by atoms with Crippen LogP contribution in [-0.4, -0.2) is 19.9 Å². The van der Waals surface area contributed by atoms with Gasteiger partial charge in [-0.3, -0.25) is 15.1 Å². The average molecular weight is 385 g/mol. The zero-order chi connectivity index (χ0) is 20.5. The summed E-state index contributed by atoms with van der Waals surface area (Å²) in [5.41, 5.74) is 6.29. The minimum atomic E-state index is -0.158. The molecule has 0 saturated heterocycles. The summed E-state index contributed by atoms with van der Waals surface area (Å²) in [5, 5.41) is 4.07. The number of nitrogens with one attached hydrogen (secondary N) is 2. The highest BCUT2D eigenvalue weighted by atomic mass is 16.1. The molecule has 4 aromatic rings. The van der Waals surface area contributed by atoms with E-state index in [1.807, 2.05) is 70.2 Å². The fourth-order valence-corrected chi connectivity index (χ4v) is 3.40. The average Bonchev–Trinajstić information content (AvgIpc) is 2.67. The van der Waals surface area contributed by atoms with Gasteiger partial charge in [-0.05, 0) is 38.8 Å². The third-order valence-corrected chi connectivity index (χ3v) is 5.07. The molecule has 0 aliphatic heterocycles. The van der Waals surface area contributed by atoms with Gasteiger partial charge in [0.1, 0.15) is 0 Å². The van der Waals surface area contributed by atoms with Crippen LogP contribution in [0.1, 0.15) is 33.6 Å². The van der Waals surface area contributed by atoms with Crippen molar-refractivity contribution in [1.29, 1.82) is 0 Å². The lowest BCUT2D eigenvalue weighted by molar-refractivity contribution is 0.977. The predicted molar refractivity (Wildman–Crippen MR) is 116 cm³/mol. The van der Waals surface area contributed by atoms with Crippen molar-refractivity contribution in [1.82, 2.24) is 19.9 Å². The first kappa shape index (κ1) is 18.8. The Morgan fingerprint density at radius 1 is 0.897 bits per heavy atom. The maximum Gasteiger partial charge on any atom is 0.256 e. The van der Waals surface area contributed by atoms with Gasteiger partial charge in [0.2, 0.25) is 11.9 Å². The van der Waals surface area contributed by atoms with E-state index in [2.05, 4.69) is 25.3 Å². The van der Waals surface area contributed by atoms with E-state index in [4.69, 9.17) is 0 Å². The summed E-state index contributed by atoms with van der Waals surface area (Å²) in [6.07, 6.45) is 0.541. The summed E-state index contributed by atoms with van der Waals surface area (Å²) < 4.78 is 0. The fourth-order valence-electron chi connectivity index (χ4n) is 3.40. The van der Waals surface area contributed by atoms with Crippen LogP contribution in [0.3, 0.4) is 0 Å². The van der Waals surface area contributed by atoms with Crippen LogP contribution in [0.5, 0.6) is 0 Å². The zero-order valence-electron chi connectivity index (χ0n) is 17.0. The first-order valence-corrected chi connectivity index (χ1v) is 9.57. The summed E-state index contributed by atoms with van der Waals surface area (Å²) in [4.78, 5) is 29.1. The highest BCUT2D eigenvalue weighted by Gasteiger charge is 2.12. The van der Waals surface area contributed by atoms with Crippen molar-refractivity contribution in [2.24, 2.45) is 0 Å². The molecule has 0 spiro atoms. The van der Waals surface area contributed by atoms with E-state index in [1.165, 1.54) is 5.56 Å². The van der Waals surface area contributed by atoms with Gasteiger partial charge in [0.25, 0.3) is 5.56 Å². The van der Waals surface area contributed by atoms with Gasteiger partial charge in [-0.25, -0.2) is 15.0 Å². The number of aromatic amines is 1. The number of nitrogens with zero attached hydrogens (tertiary/aromatic N) is 3. The number of hydrogen-bond donors (Lipinski definition) is 2. The summed E-state index contributed by atoms with van der Waals surface area (Å²) in [6, 6.07) is 14.2. The lowest BCUT2D eigenvalue weighted by Crippen LogP contribution is -2.19. The number of rotatable bonds is 4. The monoisotopic (exact) mass is 385 g/mol. The molecule has 6 nitrogen and oxygen atoms in total. The highest BCUT2D eigenvalue weighted by molar-refractivity contribution is 5.84. The van der Waals surface area contributed by atoms with Crippen molar-refractivity contribution in [2.75, 3.05) is 5.32 Å². The van der Waals surface area contributed by atoms with Crippen molar-refractivity contribution >= 4 is 22.8 Å². The number of benzene rings is 2. The maximum atomic E-state index is 12.7. The second kappa shape index (κ2) is 7.47. The molecule has 0 atom stereocenters. The Morgan fingerprint density at radius 3 is 2.38 bits per heavy atom. The van der Waals surface area contributed by atoms with Crippen LogP contribution in [-0.2, 0) is 6.42 Å². The number of para-hydroxylation sites is 1. The molecular weight excluding hydrogens is 362 g/mol. The van der Waals surface area contributed by atoms with Crippen molar-refractivity contribution in [2.45, 2.75) is 34.1 Å².